The van der Waals surface area contributed by atoms with Crippen molar-refractivity contribution in [3.63, 3.8) is 0 Å². The third kappa shape index (κ3) is 3.80. The Labute approximate surface area is 91.8 Å². The standard InChI is InChI=1S/C11H22N2O2/c1-11(2,3)15-10(14)9-6-4-5-7-13(9)8-12/h9H,4-8,12H2,1-3H3. The summed E-state index contributed by atoms with van der Waals surface area (Å²) in [6.45, 7) is 7.01. The van der Waals surface area contributed by atoms with Crippen LogP contribution < -0.4 is 5.73 Å². The molecular weight excluding hydrogens is 192 g/mol. The summed E-state index contributed by atoms with van der Waals surface area (Å²) >= 11 is 0. The lowest BCUT2D eigenvalue weighted by molar-refractivity contribution is -0.162. The Morgan fingerprint density at radius 3 is 2.67 bits per heavy atom. The third-order valence-corrected chi connectivity index (χ3v) is 2.53. The van der Waals surface area contributed by atoms with Crippen LogP contribution in [0.25, 0.3) is 0 Å². The Kier molecular flexibility index (Phi) is 4.11. The van der Waals surface area contributed by atoms with Gasteiger partial charge in [0.2, 0.25) is 0 Å². The minimum absolute atomic E-state index is 0.132. The highest BCUT2D eigenvalue weighted by Crippen LogP contribution is 2.19. The number of carbonyl (C=O) groups excluding carboxylic acids is 1. The van der Waals surface area contributed by atoms with Crippen molar-refractivity contribution in [3.8, 4) is 0 Å². The van der Waals surface area contributed by atoms with E-state index in [1.54, 1.807) is 0 Å². The molecule has 1 aliphatic heterocycles. The maximum Gasteiger partial charge on any atom is 0.323 e. The molecule has 1 saturated heterocycles. The number of piperidine rings is 1. The Hall–Kier alpha value is -0.610. The van der Waals surface area contributed by atoms with E-state index in [1.165, 1.54) is 0 Å². The monoisotopic (exact) mass is 214 g/mol. The fourth-order valence-electron chi connectivity index (χ4n) is 1.85. The normalized spacial score (nSPS) is 23.9. The SMILES string of the molecule is CC(C)(C)OC(=O)C1CCCCN1CN. The van der Waals surface area contributed by atoms with Crippen molar-refractivity contribution < 1.29 is 9.53 Å². The van der Waals surface area contributed by atoms with Crippen LogP contribution in [-0.4, -0.2) is 35.7 Å². The second kappa shape index (κ2) is 4.94. The molecule has 15 heavy (non-hydrogen) atoms. The number of ether oxygens (including phenoxy) is 1. The first-order chi connectivity index (χ1) is 6.94. The van der Waals surface area contributed by atoms with E-state index in [9.17, 15) is 4.79 Å². The van der Waals surface area contributed by atoms with Gasteiger partial charge in [-0.3, -0.25) is 9.69 Å². The number of hydrogen-bond donors (Lipinski definition) is 1. The molecule has 0 aliphatic carbocycles. The summed E-state index contributed by atoms with van der Waals surface area (Å²) < 4.78 is 5.37. The summed E-state index contributed by atoms with van der Waals surface area (Å²) in [6.07, 6.45) is 3.07. The molecule has 1 fully saturated rings. The van der Waals surface area contributed by atoms with Crippen LogP contribution in [0, 0.1) is 0 Å². The predicted molar refractivity (Wildman–Crippen MR) is 59.2 cm³/mol. The van der Waals surface area contributed by atoms with Crippen molar-refractivity contribution in [2.45, 2.75) is 51.7 Å². The number of nitrogens with zero attached hydrogens (tertiary/aromatic N) is 1. The summed E-state index contributed by atoms with van der Waals surface area (Å²) in [5.74, 6) is -0.132. The quantitative estimate of drug-likeness (QED) is 0.699. The van der Waals surface area contributed by atoms with Gasteiger partial charge in [-0.1, -0.05) is 6.42 Å². The lowest BCUT2D eigenvalue weighted by atomic mass is 10.0. The van der Waals surface area contributed by atoms with Crippen LogP contribution in [-0.2, 0) is 9.53 Å². The first kappa shape index (κ1) is 12.5. The van der Waals surface area contributed by atoms with Crippen LogP contribution in [0.5, 0.6) is 0 Å². The zero-order valence-electron chi connectivity index (χ0n) is 9.95. The molecule has 0 aromatic carbocycles. The molecular formula is C11H22N2O2. The molecule has 2 N–H and O–H groups in total. The van der Waals surface area contributed by atoms with Gasteiger partial charge in [-0.25, -0.2) is 0 Å². The molecule has 0 saturated carbocycles. The maximum atomic E-state index is 11.9. The van der Waals surface area contributed by atoms with Gasteiger partial charge in [0.25, 0.3) is 0 Å². The fourth-order valence-corrected chi connectivity index (χ4v) is 1.85. The van der Waals surface area contributed by atoms with E-state index in [1.807, 2.05) is 25.7 Å². The van der Waals surface area contributed by atoms with E-state index >= 15 is 0 Å². The number of likely N-dealkylation sites (tertiary alicyclic amines) is 1. The molecule has 1 aliphatic rings. The van der Waals surface area contributed by atoms with Gasteiger partial charge in [0, 0.05) is 13.2 Å². The Morgan fingerprint density at radius 1 is 1.47 bits per heavy atom. The number of esters is 1. The van der Waals surface area contributed by atoms with Crippen LogP contribution in [0.4, 0.5) is 0 Å². The van der Waals surface area contributed by atoms with Crippen LogP contribution in [0.3, 0.4) is 0 Å². The second-order valence-corrected chi connectivity index (χ2v) is 5.04. The van der Waals surface area contributed by atoms with Gasteiger partial charge < -0.3 is 10.5 Å². The van der Waals surface area contributed by atoms with Gasteiger partial charge in [-0.15, -0.1) is 0 Å². The highest BCUT2D eigenvalue weighted by molar-refractivity contribution is 5.76. The summed E-state index contributed by atoms with van der Waals surface area (Å²) in [6, 6.07) is -0.136. The van der Waals surface area contributed by atoms with Crippen LogP contribution >= 0.6 is 0 Å². The minimum Gasteiger partial charge on any atom is -0.459 e. The highest BCUT2D eigenvalue weighted by Gasteiger charge is 2.31. The van der Waals surface area contributed by atoms with Crippen molar-refractivity contribution in [2.24, 2.45) is 5.73 Å². The molecule has 1 heterocycles. The lowest BCUT2D eigenvalue weighted by Crippen LogP contribution is -2.49. The Morgan fingerprint density at radius 2 is 2.13 bits per heavy atom. The van der Waals surface area contributed by atoms with Gasteiger partial charge in [0.05, 0.1) is 0 Å². The molecule has 0 aromatic heterocycles. The van der Waals surface area contributed by atoms with Crippen LogP contribution in [0.1, 0.15) is 40.0 Å². The number of nitrogens with two attached hydrogens (primary N) is 1. The van der Waals surface area contributed by atoms with Gasteiger partial charge in [-0.05, 0) is 33.6 Å². The van der Waals surface area contributed by atoms with Crippen molar-refractivity contribution >= 4 is 5.97 Å². The van der Waals surface area contributed by atoms with Gasteiger partial charge in [0.1, 0.15) is 11.6 Å². The maximum absolute atomic E-state index is 11.9. The summed E-state index contributed by atoms with van der Waals surface area (Å²) in [7, 11) is 0. The van der Waals surface area contributed by atoms with E-state index in [-0.39, 0.29) is 12.0 Å². The molecule has 1 rings (SSSR count). The molecule has 0 spiro atoms. The molecule has 0 amide bonds. The molecule has 0 radical (unpaired) electrons. The van der Waals surface area contributed by atoms with E-state index in [0.29, 0.717) is 6.67 Å². The number of hydrogen-bond acceptors (Lipinski definition) is 4. The van der Waals surface area contributed by atoms with Crippen molar-refractivity contribution in [1.82, 2.24) is 4.90 Å². The average molecular weight is 214 g/mol. The first-order valence-electron chi connectivity index (χ1n) is 5.61. The van der Waals surface area contributed by atoms with E-state index in [4.69, 9.17) is 10.5 Å². The largest absolute Gasteiger partial charge is 0.459 e. The van der Waals surface area contributed by atoms with Crippen LogP contribution in [0.15, 0.2) is 0 Å². The van der Waals surface area contributed by atoms with E-state index in [2.05, 4.69) is 0 Å². The number of carbonyl (C=O) groups is 1. The topological polar surface area (TPSA) is 55.6 Å². The summed E-state index contributed by atoms with van der Waals surface area (Å²) in [4.78, 5) is 13.9. The Balaban J connectivity index is 2.56. The number of rotatable bonds is 2. The van der Waals surface area contributed by atoms with Gasteiger partial charge >= 0.3 is 5.97 Å². The zero-order valence-corrected chi connectivity index (χ0v) is 9.95. The van der Waals surface area contributed by atoms with Gasteiger partial charge in [0.15, 0.2) is 0 Å². The smallest absolute Gasteiger partial charge is 0.323 e. The molecule has 88 valence electrons. The van der Waals surface area contributed by atoms with E-state index < -0.39 is 5.60 Å². The molecule has 4 nitrogen and oxygen atoms in total. The fraction of sp³-hybridized carbons (Fsp3) is 0.909. The van der Waals surface area contributed by atoms with Gasteiger partial charge in [-0.2, -0.15) is 0 Å². The molecule has 0 bridgehead atoms. The molecule has 4 heteroatoms. The second-order valence-electron chi connectivity index (χ2n) is 5.04. The lowest BCUT2D eigenvalue weighted by Gasteiger charge is -2.34. The predicted octanol–water partition coefficient (Wildman–Crippen LogP) is 1.10. The Bertz CT molecular complexity index is 223. The van der Waals surface area contributed by atoms with E-state index in [0.717, 1.165) is 25.8 Å². The van der Waals surface area contributed by atoms with Crippen molar-refractivity contribution in [1.29, 1.82) is 0 Å². The summed E-state index contributed by atoms with van der Waals surface area (Å²) in [5, 5.41) is 0. The summed E-state index contributed by atoms with van der Waals surface area (Å²) in [5.41, 5.74) is 5.21. The average Bonchev–Trinajstić information content (AvgIpc) is 2.15. The minimum atomic E-state index is -0.408. The van der Waals surface area contributed by atoms with Crippen molar-refractivity contribution in [3.05, 3.63) is 0 Å². The highest BCUT2D eigenvalue weighted by atomic mass is 16.6. The molecule has 1 unspecified atom stereocenters. The first-order valence-corrected chi connectivity index (χ1v) is 5.61. The molecule has 1 atom stereocenters. The molecule has 0 aromatic rings. The van der Waals surface area contributed by atoms with Crippen LogP contribution in [0.2, 0.25) is 0 Å². The third-order valence-electron chi connectivity index (χ3n) is 2.53. The van der Waals surface area contributed by atoms with Crippen molar-refractivity contribution in [2.75, 3.05) is 13.2 Å². The zero-order chi connectivity index (χ0) is 11.5.